The van der Waals surface area contributed by atoms with Crippen LogP contribution in [0.25, 0.3) is 0 Å². The van der Waals surface area contributed by atoms with Gasteiger partial charge < -0.3 is 39.9 Å². The number of aliphatic hydroxyl groups excluding tert-OH is 5. The lowest BCUT2D eigenvalue weighted by Crippen LogP contribution is -2.64. The molecule has 0 aromatic carbocycles. The van der Waals surface area contributed by atoms with Crippen LogP contribution in [0.1, 0.15) is 206 Å². The van der Waals surface area contributed by atoms with E-state index in [0.29, 0.717) is 13.0 Å². The molecule has 0 aliphatic heterocycles. The van der Waals surface area contributed by atoms with Crippen molar-refractivity contribution < 1.29 is 58.3 Å². The summed E-state index contributed by atoms with van der Waals surface area (Å²) in [6.07, 6.45) is 23.2. The maximum atomic E-state index is 12.8. The lowest BCUT2D eigenvalue weighted by molar-refractivity contribution is -0.220. The summed E-state index contributed by atoms with van der Waals surface area (Å²) in [6, 6.07) is 0. The summed E-state index contributed by atoms with van der Waals surface area (Å²) in [5.41, 5.74) is 0. The number of carbonyl (C=O) groups is 1. The first-order valence-corrected chi connectivity index (χ1v) is 24.4. The number of aliphatic hydroxyl groups is 5. The molecular weight excluding hydrogens is 739 g/mol. The first-order chi connectivity index (χ1) is 27.0. The van der Waals surface area contributed by atoms with Crippen LogP contribution in [0.3, 0.4) is 0 Å². The highest BCUT2D eigenvalue weighted by Crippen LogP contribution is 2.47. The number of unbranched alkanes of at least 4 members (excludes halogenated alkanes) is 27. The zero-order valence-electron chi connectivity index (χ0n) is 35.5. The van der Waals surface area contributed by atoms with Gasteiger partial charge in [0.15, 0.2) is 0 Å². The van der Waals surface area contributed by atoms with Crippen LogP contribution in [0.15, 0.2) is 0 Å². The second-order valence-corrected chi connectivity index (χ2v) is 17.7. The van der Waals surface area contributed by atoms with E-state index in [0.717, 1.165) is 38.5 Å². The van der Waals surface area contributed by atoms with Crippen LogP contribution in [0, 0.1) is 0 Å². The highest BCUT2D eigenvalue weighted by Gasteiger charge is 2.51. The molecule has 1 aliphatic carbocycles. The van der Waals surface area contributed by atoms with Crippen molar-refractivity contribution in [3.8, 4) is 0 Å². The Hall–Kier alpha value is -0.660. The Morgan fingerprint density at radius 3 is 1.23 bits per heavy atom. The molecule has 334 valence electrons. The van der Waals surface area contributed by atoms with Gasteiger partial charge >= 0.3 is 13.8 Å². The summed E-state index contributed by atoms with van der Waals surface area (Å²) < 4.78 is 34.1. The van der Waals surface area contributed by atoms with Gasteiger partial charge in [0.25, 0.3) is 0 Å². The molecule has 1 rings (SSSR count). The van der Waals surface area contributed by atoms with E-state index >= 15 is 0 Å². The number of carbonyl (C=O) groups excluding carboxylic acids is 1. The van der Waals surface area contributed by atoms with Crippen molar-refractivity contribution in [2.45, 2.75) is 249 Å². The third kappa shape index (κ3) is 27.2. The molecule has 0 amide bonds. The fourth-order valence-electron chi connectivity index (χ4n) is 7.30. The van der Waals surface area contributed by atoms with Crippen molar-refractivity contribution in [3.63, 3.8) is 0 Å². The van der Waals surface area contributed by atoms with Gasteiger partial charge in [0.2, 0.25) is 0 Å². The smallest absolute Gasteiger partial charge is 0.457 e. The molecule has 8 atom stereocenters. The molecule has 1 fully saturated rings. The molecule has 6 N–H and O–H groups in total. The van der Waals surface area contributed by atoms with Crippen molar-refractivity contribution in [3.05, 3.63) is 0 Å². The van der Waals surface area contributed by atoms with Crippen molar-refractivity contribution in [1.82, 2.24) is 0 Å². The van der Waals surface area contributed by atoms with Gasteiger partial charge in [-0.3, -0.25) is 13.8 Å². The molecule has 0 spiro atoms. The van der Waals surface area contributed by atoms with Gasteiger partial charge in [-0.1, -0.05) is 187 Å². The van der Waals surface area contributed by atoms with Crippen LogP contribution in [0.2, 0.25) is 0 Å². The van der Waals surface area contributed by atoms with Crippen LogP contribution >= 0.6 is 7.82 Å². The fraction of sp³-hybridized carbons (Fsp3) is 0.977. The molecule has 0 aromatic heterocycles. The highest BCUT2D eigenvalue weighted by molar-refractivity contribution is 7.47. The first kappa shape index (κ1) is 53.4. The number of esters is 1. The minimum atomic E-state index is -5.00. The molecule has 1 aliphatic rings. The molecule has 56 heavy (non-hydrogen) atoms. The zero-order valence-corrected chi connectivity index (χ0v) is 36.4. The van der Waals surface area contributed by atoms with Crippen LogP contribution in [0.4, 0.5) is 0 Å². The van der Waals surface area contributed by atoms with Crippen LogP contribution in [0.5, 0.6) is 0 Å². The van der Waals surface area contributed by atoms with E-state index in [1.807, 2.05) is 0 Å². The standard InChI is InChI=1S/C43H85O12P/c1-3-5-7-9-11-13-15-16-17-18-19-20-21-23-25-27-29-31-33-52-34-36(54-37(44)32-30-28-26-24-22-14-12-10-8-6-4-2)35-53-56(50,51)55-43-41(48)39(46)38(45)40(47)42(43)49/h36,38-43,45-49H,3-35H2,1-2H3,(H,50,51)/t36-,38?,39-,40?,41?,42?,43?/m1/s1. The van der Waals surface area contributed by atoms with Gasteiger partial charge in [0.1, 0.15) is 42.7 Å². The van der Waals surface area contributed by atoms with Crippen LogP contribution in [-0.4, -0.2) is 98.9 Å². The average molecular weight is 825 g/mol. The number of hydrogen-bond donors (Lipinski definition) is 6. The number of hydrogen-bond acceptors (Lipinski definition) is 11. The lowest BCUT2D eigenvalue weighted by atomic mass is 9.85. The summed E-state index contributed by atoms with van der Waals surface area (Å²) in [4.78, 5) is 23.1. The summed E-state index contributed by atoms with van der Waals surface area (Å²) in [5.74, 6) is -0.474. The molecular formula is C43H85O12P. The molecule has 0 bridgehead atoms. The van der Waals surface area contributed by atoms with E-state index in [1.54, 1.807) is 0 Å². The van der Waals surface area contributed by atoms with E-state index in [2.05, 4.69) is 13.8 Å². The maximum absolute atomic E-state index is 12.8. The minimum Gasteiger partial charge on any atom is -0.457 e. The maximum Gasteiger partial charge on any atom is 0.472 e. The van der Waals surface area contributed by atoms with E-state index in [9.17, 15) is 39.8 Å². The van der Waals surface area contributed by atoms with Gasteiger partial charge in [-0.15, -0.1) is 0 Å². The van der Waals surface area contributed by atoms with Gasteiger partial charge in [0, 0.05) is 13.0 Å². The number of ether oxygens (including phenoxy) is 2. The molecule has 13 heteroatoms. The number of rotatable bonds is 39. The first-order valence-electron chi connectivity index (χ1n) is 22.9. The highest BCUT2D eigenvalue weighted by atomic mass is 31.2. The predicted octanol–water partition coefficient (Wildman–Crippen LogP) is 8.98. The number of phosphoric ester groups is 1. The van der Waals surface area contributed by atoms with Crippen molar-refractivity contribution in [1.29, 1.82) is 0 Å². The monoisotopic (exact) mass is 825 g/mol. The van der Waals surface area contributed by atoms with Gasteiger partial charge in [-0.2, -0.15) is 0 Å². The Bertz CT molecular complexity index is 942. The predicted molar refractivity (Wildman–Crippen MR) is 221 cm³/mol. The Morgan fingerprint density at radius 1 is 0.500 bits per heavy atom. The SMILES string of the molecule is CCCCCCCCCCCCCCCCCCCCOC[C@H](COP(=O)(O)OC1C(O)C(O)C(O)[C@@H](O)C1O)OC(=O)CCCCCCCCCCCCC. The zero-order chi connectivity index (χ0) is 41.3. The van der Waals surface area contributed by atoms with E-state index < -0.39 is 63.1 Å². The second kappa shape index (κ2) is 35.1. The van der Waals surface area contributed by atoms with Crippen LogP contribution < -0.4 is 0 Å². The van der Waals surface area contributed by atoms with E-state index in [1.165, 1.54) is 141 Å². The van der Waals surface area contributed by atoms with Crippen LogP contribution in [-0.2, 0) is 27.9 Å². The van der Waals surface area contributed by atoms with E-state index in [-0.39, 0.29) is 13.0 Å². The molecule has 0 radical (unpaired) electrons. The van der Waals surface area contributed by atoms with Gasteiger partial charge in [0.05, 0.1) is 13.2 Å². The molecule has 0 heterocycles. The average Bonchev–Trinajstić information content (AvgIpc) is 3.18. The third-order valence-electron chi connectivity index (χ3n) is 11.0. The molecule has 0 saturated heterocycles. The summed E-state index contributed by atoms with van der Waals surface area (Å²) >= 11 is 0. The Morgan fingerprint density at radius 2 is 0.839 bits per heavy atom. The Kier molecular flexibility index (Phi) is 33.5. The Labute approximate surface area is 340 Å². The van der Waals surface area contributed by atoms with Crippen molar-refractivity contribution >= 4 is 13.8 Å². The largest absolute Gasteiger partial charge is 0.472 e. The quantitative estimate of drug-likeness (QED) is 0.0196. The fourth-order valence-corrected chi connectivity index (χ4v) is 8.27. The molecule has 12 nitrogen and oxygen atoms in total. The van der Waals surface area contributed by atoms with Crippen molar-refractivity contribution in [2.24, 2.45) is 0 Å². The molecule has 1 saturated carbocycles. The molecule has 0 aromatic rings. The Balaban J connectivity index is 2.35. The lowest BCUT2D eigenvalue weighted by Gasteiger charge is -2.41. The second-order valence-electron chi connectivity index (χ2n) is 16.3. The summed E-state index contributed by atoms with van der Waals surface area (Å²) in [7, 11) is -5.00. The summed E-state index contributed by atoms with van der Waals surface area (Å²) in [6.45, 7) is 4.28. The summed E-state index contributed by atoms with van der Waals surface area (Å²) in [5, 5.41) is 50.1. The topological polar surface area (TPSA) is 192 Å². The third-order valence-corrected chi connectivity index (χ3v) is 12.0. The van der Waals surface area contributed by atoms with Gasteiger partial charge in [-0.25, -0.2) is 4.57 Å². The molecule has 6 unspecified atom stereocenters. The van der Waals surface area contributed by atoms with Crippen molar-refractivity contribution in [2.75, 3.05) is 19.8 Å². The normalized spacial score (nSPS) is 22.9. The van der Waals surface area contributed by atoms with Gasteiger partial charge in [-0.05, 0) is 12.8 Å². The number of phosphoric acid groups is 1. The minimum absolute atomic E-state index is 0.0682. The van der Waals surface area contributed by atoms with E-state index in [4.69, 9.17) is 18.5 Å².